The molecule has 1 aromatic carbocycles. The molecule has 120 valence electrons. The molecule has 0 spiro atoms. The van der Waals surface area contributed by atoms with Crippen molar-refractivity contribution in [1.29, 1.82) is 0 Å². The van der Waals surface area contributed by atoms with Crippen LogP contribution < -0.4 is 10.5 Å². The Morgan fingerprint density at radius 1 is 1.08 bits per heavy atom. The molecule has 2 N–H and O–H groups in total. The van der Waals surface area contributed by atoms with Crippen LogP contribution in [0.2, 0.25) is 5.02 Å². The standard InChI is InChI=1S/C16H11ClN4OS2/c17-9-1-3-10(4-2-9)22-13-7-19-8-14-12(13)5-11(23-14)6-15-20-21-16(18)24-15/h1-5,7-8H,6H2,(H2,18,21). The van der Waals surface area contributed by atoms with Gasteiger partial charge in [-0.1, -0.05) is 22.9 Å². The molecule has 0 unspecified atom stereocenters. The fourth-order valence-corrected chi connectivity index (χ4v) is 4.17. The van der Waals surface area contributed by atoms with Crippen molar-refractivity contribution >= 4 is 49.5 Å². The van der Waals surface area contributed by atoms with Gasteiger partial charge in [-0.3, -0.25) is 4.98 Å². The lowest BCUT2D eigenvalue weighted by Crippen LogP contribution is -1.85. The van der Waals surface area contributed by atoms with E-state index in [0.29, 0.717) is 22.3 Å². The first-order chi connectivity index (χ1) is 11.7. The first-order valence-corrected chi connectivity index (χ1v) is 9.06. The maximum Gasteiger partial charge on any atom is 0.203 e. The van der Waals surface area contributed by atoms with E-state index >= 15 is 0 Å². The Hall–Kier alpha value is -2.22. The molecular weight excluding hydrogens is 364 g/mol. The minimum absolute atomic E-state index is 0.486. The summed E-state index contributed by atoms with van der Waals surface area (Å²) in [7, 11) is 0. The highest BCUT2D eigenvalue weighted by Gasteiger charge is 2.11. The number of anilines is 1. The van der Waals surface area contributed by atoms with Crippen molar-refractivity contribution in [2.24, 2.45) is 0 Å². The second kappa shape index (κ2) is 6.35. The van der Waals surface area contributed by atoms with Gasteiger partial charge >= 0.3 is 0 Å². The van der Waals surface area contributed by atoms with Gasteiger partial charge in [-0.15, -0.1) is 21.5 Å². The third-order valence-corrected chi connectivity index (χ3v) is 5.38. The summed E-state index contributed by atoms with van der Waals surface area (Å²) >= 11 is 8.97. The maximum atomic E-state index is 5.95. The molecule has 0 saturated carbocycles. The molecule has 3 aromatic heterocycles. The van der Waals surface area contributed by atoms with E-state index in [0.717, 1.165) is 25.7 Å². The molecule has 0 saturated heterocycles. The molecular formula is C16H11ClN4OS2. The van der Waals surface area contributed by atoms with E-state index < -0.39 is 0 Å². The molecule has 0 atom stereocenters. The first-order valence-electron chi connectivity index (χ1n) is 7.05. The topological polar surface area (TPSA) is 73.9 Å². The molecule has 0 amide bonds. The molecule has 4 rings (SSSR count). The highest BCUT2D eigenvalue weighted by molar-refractivity contribution is 7.19. The van der Waals surface area contributed by atoms with Gasteiger partial charge in [0.2, 0.25) is 5.13 Å². The van der Waals surface area contributed by atoms with E-state index in [9.17, 15) is 0 Å². The van der Waals surface area contributed by atoms with Gasteiger partial charge in [-0.05, 0) is 30.3 Å². The number of hydrogen-bond donors (Lipinski definition) is 1. The van der Waals surface area contributed by atoms with Gasteiger partial charge in [0.1, 0.15) is 10.8 Å². The Morgan fingerprint density at radius 2 is 1.92 bits per heavy atom. The second-order valence-corrected chi connectivity index (χ2v) is 7.73. The zero-order valence-electron chi connectivity index (χ0n) is 12.3. The number of nitrogens with two attached hydrogens (primary N) is 1. The van der Waals surface area contributed by atoms with Crippen molar-refractivity contribution in [3.8, 4) is 11.5 Å². The zero-order chi connectivity index (χ0) is 16.5. The van der Waals surface area contributed by atoms with Crippen LogP contribution in [0.15, 0.2) is 42.7 Å². The Balaban J connectivity index is 1.65. The minimum Gasteiger partial charge on any atom is -0.455 e. The number of thiophene rings is 1. The average molecular weight is 375 g/mol. The molecule has 0 aliphatic rings. The minimum atomic E-state index is 0.486. The average Bonchev–Trinajstić information content (AvgIpc) is 3.16. The van der Waals surface area contributed by atoms with Crippen molar-refractivity contribution in [1.82, 2.24) is 15.2 Å². The second-order valence-electron chi connectivity index (χ2n) is 5.03. The number of benzene rings is 1. The predicted molar refractivity (Wildman–Crippen MR) is 98.3 cm³/mol. The Bertz CT molecular complexity index is 997. The van der Waals surface area contributed by atoms with E-state index in [4.69, 9.17) is 22.1 Å². The van der Waals surface area contributed by atoms with Crippen LogP contribution in [0.1, 0.15) is 9.88 Å². The molecule has 4 aromatic rings. The summed E-state index contributed by atoms with van der Waals surface area (Å²) in [6.45, 7) is 0. The summed E-state index contributed by atoms with van der Waals surface area (Å²) in [6.07, 6.45) is 4.26. The van der Waals surface area contributed by atoms with Gasteiger partial charge in [-0.2, -0.15) is 0 Å². The van der Waals surface area contributed by atoms with Crippen molar-refractivity contribution in [3.63, 3.8) is 0 Å². The van der Waals surface area contributed by atoms with E-state index in [-0.39, 0.29) is 0 Å². The zero-order valence-corrected chi connectivity index (χ0v) is 14.7. The number of pyridine rings is 1. The van der Waals surface area contributed by atoms with Gasteiger partial charge < -0.3 is 10.5 Å². The normalized spacial score (nSPS) is 11.0. The van der Waals surface area contributed by atoms with Crippen LogP contribution in [0, 0.1) is 0 Å². The van der Waals surface area contributed by atoms with Gasteiger partial charge in [-0.25, -0.2) is 0 Å². The highest BCUT2D eigenvalue weighted by atomic mass is 35.5. The van der Waals surface area contributed by atoms with Crippen LogP contribution in [0.4, 0.5) is 5.13 Å². The summed E-state index contributed by atoms with van der Waals surface area (Å²) in [4.78, 5) is 5.43. The monoisotopic (exact) mass is 374 g/mol. The first kappa shape index (κ1) is 15.3. The summed E-state index contributed by atoms with van der Waals surface area (Å²) in [5, 5.41) is 11.0. The van der Waals surface area contributed by atoms with Gasteiger partial charge in [0.15, 0.2) is 5.75 Å². The van der Waals surface area contributed by atoms with Gasteiger partial charge in [0.05, 0.1) is 10.9 Å². The van der Waals surface area contributed by atoms with Crippen LogP contribution in [0.25, 0.3) is 10.1 Å². The summed E-state index contributed by atoms with van der Waals surface area (Å²) in [5.74, 6) is 1.44. The van der Waals surface area contributed by atoms with E-state index in [1.807, 2.05) is 18.3 Å². The number of rotatable bonds is 4. The SMILES string of the molecule is Nc1nnc(Cc2cc3c(Oc4ccc(Cl)cc4)cncc3s2)s1. The Labute approximate surface area is 150 Å². The molecule has 0 fully saturated rings. The third kappa shape index (κ3) is 3.19. The van der Waals surface area contributed by atoms with E-state index in [2.05, 4.69) is 21.2 Å². The van der Waals surface area contributed by atoms with Crippen LogP contribution >= 0.6 is 34.3 Å². The largest absolute Gasteiger partial charge is 0.455 e. The van der Waals surface area contributed by atoms with Crippen molar-refractivity contribution in [2.45, 2.75) is 6.42 Å². The highest BCUT2D eigenvalue weighted by Crippen LogP contribution is 2.35. The fraction of sp³-hybridized carbons (Fsp3) is 0.0625. The number of hydrogen-bond acceptors (Lipinski definition) is 7. The van der Waals surface area contributed by atoms with E-state index in [1.165, 1.54) is 11.3 Å². The molecule has 3 heterocycles. The molecule has 5 nitrogen and oxygen atoms in total. The molecule has 24 heavy (non-hydrogen) atoms. The number of aromatic nitrogens is 3. The molecule has 0 aliphatic heterocycles. The lowest BCUT2D eigenvalue weighted by molar-refractivity contribution is 0.486. The van der Waals surface area contributed by atoms with Crippen molar-refractivity contribution in [2.75, 3.05) is 5.73 Å². The van der Waals surface area contributed by atoms with Crippen LogP contribution in [0.5, 0.6) is 11.5 Å². The Morgan fingerprint density at radius 3 is 2.67 bits per heavy atom. The van der Waals surface area contributed by atoms with Crippen molar-refractivity contribution in [3.05, 3.63) is 57.6 Å². The lowest BCUT2D eigenvalue weighted by Gasteiger charge is -2.06. The van der Waals surface area contributed by atoms with Crippen LogP contribution in [-0.4, -0.2) is 15.2 Å². The van der Waals surface area contributed by atoms with Crippen molar-refractivity contribution < 1.29 is 4.74 Å². The smallest absolute Gasteiger partial charge is 0.203 e. The number of nitrogen functional groups attached to an aromatic ring is 1. The maximum absolute atomic E-state index is 5.95. The summed E-state index contributed by atoms with van der Waals surface area (Å²) in [5.41, 5.74) is 5.64. The van der Waals surface area contributed by atoms with Crippen LogP contribution in [-0.2, 0) is 6.42 Å². The summed E-state index contributed by atoms with van der Waals surface area (Å²) in [6, 6.07) is 9.36. The molecule has 0 radical (unpaired) electrons. The lowest BCUT2D eigenvalue weighted by atomic mass is 10.2. The molecule has 0 aliphatic carbocycles. The predicted octanol–water partition coefficient (Wildman–Crippen LogP) is 4.77. The quantitative estimate of drug-likeness (QED) is 0.557. The summed E-state index contributed by atoms with van der Waals surface area (Å²) < 4.78 is 7.02. The number of ether oxygens (including phenoxy) is 1. The fourth-order valence-electron chi connectivity index (χ4n) is 2.27. The van der Waals surface area contributed by atoms with Gasteiger partial charge in [0, 0.05) is 27.9 Å². The number of fused-ring (bicyclic) bond motifs is 1. The van der Waals surface area contributed by atoms with Gasteiger partial charge in [0.25, 0.3) is 0 Å². The van der Waals surface area contributed by atoms with Crippen LogP contribution in [0.3, 0.4) is 0 Å². The van der Waals surface area contributed by atoms with E-state index in [1.54, 1.807) is 29.7 Å². The third-order valence-electron chi connectivity index (χ3n) is 3.31. The Kier molecular flexibility index (Phi) is 4.05. The number of halogens is 1. The molecule has 8 heteroatoms. The molecule has 0 bridgehead atoms. The number of nitrogens with zero attached hydrogens (tertiary/aromatic N) is 3.